The highest BCUT2D eigenvalue weighted by atomic mass is 19.1. The van der Waals surface area contributed by atoms with E-state index in [0.717, 1.165) is 5.56 Å². The summed E-state index contributed by atoms with van der Waals surface area (Å²) in [5, 5.41) is 11.5. The van der Waals surface area contributed by atoms with Gasteiger partial charge in [-0.25, -0.2) is 4.39 Å². The number of carbonyl (C=O) groups excluding carboxylic acids is 1. The molecule has 0 saturated heterocycles. The lowest BCUT2D eigenvalue weighted by atomic mass is 10.1. The molecule has 0 heterocycles. The summed E-state index contributed by atoms with van der Waals surface area (Å²) in [5.74, 6) is -2.48. The molecule has 1 aliphatic rings. The zero-order valence-corrected chi connectivity index (χ0v) is 9.89. The van der Waals surface area contributed by atoms with Crippen molar-refractivity contribution in [2.24, 2.45) is 11.8 Å². The first-order chi connectivity index (χ1) is 8.49. The Labute approximate surface area is 104 Å². The Kier molecular flexibility index (Phi) is 3.32. The van der Waals surface area contributed by atoms with E-state index in [9.17, 15) is 14.0 Å². The second kappa shape index (κ2) is 4.76. The number of nitrogens with one attached hydrogen (secondary N) is 1. The highest BCUT2D eigenvalue weighted by molar-refractivity contribution is 5.89. The number of benzene rings is 1. The van der Waals surface area contributed by atoms with Crippen LogP contribution < -0.4 is 5.32 Å². The number of rotatable bonds is 4. The van der Waals surface area contributed by atoms with Crippen LogP contribution in [0.15, 0.2) is 24.3 Å². The van der Waals surface area contributed by atoms with Crippen molar-refractivity contribution < 1.29 is 19.1 Å². The van der Waals surface area contributed by atoms with E-state index in [2.05, 4.69) is 5.32 Å². The minimum Gasteiger partial charge on any atom is -0.481 e. The number of halogens is 1. The van der Waals surface area contributed by atoms with Gasteiger partial charge >= 0.3 is 5.97 Å². The number of carbonyl (C=O) groups is 2. The molecule has 2 N–H and O–H groups in total. The average molecular weight is 251 g/mol. The van der Waals surface area contributed by atoms with E-state index in [0.29, 0.717) is 6.42 Å². The Bertz CT molecular complexity index is 472. The smallest absolute Gasteiger partial charge is 0.307 e. The number of hydrogen-bond acceptors (Lipinski definition) is 2. The molecule has 0 radical (unpaired) electrons. The van der Waals surface area contributed by atoms with Gasteiger partial charge in [-0.15, -0.1) is 0 Å². The molecule has 1 saturated carbocycles. The highest BCUT2D eigenvalue weighted by Gasteiger charge is 2.48. The molecule has 1 aromatic carbocycles. The topological polar surface area (TPSA) is 66.4 Å². The summed E-state index contributed by atoms with van der Waals surface area (Å²) in [6.07, 6.45) is 0.400. The molecule has 2 rings (SSSR count). The van der Waals surface area contributed by atoms with Crippen LogP contribution in [-0.4, -0.2) is 17.0 Å². The van der Waals surface area contributed by atoms with Crippen LogP contribution in [0.5, 0.6) is 0 Å². The van der Waals surface area contributed by atoms with Crippen molar-refractivity contribution in [2.45, 2.75) is 19.4 Å². The third-order valence-electron chi connectivity index (χ3n) is 3.17. The lowest BCUT2D eigenvalue weighted by Gasteiger charge is -2.14. The summed E-state index contributed by atoms with van der Waals surface area (Å²) in [6, 6.07) is 5.60. The molecule has 0 aromatic heterocycles. The van der Waals surface area contributed by atoms with E-state index in [1.54, 1.807) is 19.1 Å². The first-order valence-corrected chi connectivity index (χ1v) is 5.77. The minimum absolute atomic E-state index is 0.251. The van der Waals surface area contributed by atoms with E-state index < -0.39 is 17.8 Å². The van der Waals surface area contributed by atoms with Gasteiger partial charge in [0.25, 0.3) is 0 Å². The van der Waals surface area contributed by atoms with Gasteiger partial charge in [0.05, 0.1) is 17.9 Å². The van der Waals surface area contributed by atoms with Gasteiger partial charge < -0.3 is 10.4 Å². The van der Waals surface area contributed by atoms with E-state index in [-0.39, 0.29) is 17.8 Å². The summed E-state index contributed by atoms with van der Waals surface area (Å²) in [5.41, 5.74) is 0.789. The average Bonchev–Trinajstić information content (AvgIpc) is 3.09. The second-order valence-corrected chi connectivity index (χ2v) is 4.57. The van der Waals surface area contributed by atoms with Crippen LogP contribution in [0.3, 0.4) is 0 Å². The standard InChI is InChI=1S/C13H14FNO3/c1-7(8-2-4-9(14)5-3-8)15-12(16)10-6-11(10)13(17)18/h2-5,7,10-11H,6H2,1H3,(H,15,16)(H,17,18)/t7-,10?,11?/m0/s1. The van der Waals surface area contributed by atoms with Crippen molar-refractivity contribution in [3.63, 3.8) is 0 Å². The van der Waals surface area contributed by atoms with Crippen LogP contribution in [0, 0.1) is 17.7 Å². The van der Waals surface area contributed by atoms with Crippen LogP contribution in [0.4, 0.5) is 4.39 Å². The molecule has 0 aliphatic heterocycles. The fourth-order valence-electron chi connectivity index (χ4n) is 1.91. The van der Waals surface area contributed by atoms with Crippen LogP contribution in [-0.2, 0) is 9.59 Å². The van der Waals surface area contributed by atoms with Gasteiger partial charge in [-0.2, -0.15) is 0 Å². The van der Waals surface area contributed by atoms with Crippen LogP contribution in [0.2, 0.25) is 0 Å². The number of carboxylic acids is 1. The molecule has 1 aliphatic carbocycles. The predicted octanol–water partition coefficient (Wildman–Crippen LogP) is 1.72. The number of amides is 1. The Morgan fingerprint density at radius 2 is 1.94 bits per heavy atom. The molecule has 1 amide bonds. The van der Waals surface area contributed by atoms with Crippen molar-refractivity contribution in [2.75, 3.05) is 0 Å². The molecule has 3 atom stereocenters. The maximum atomic E-state index is 12.7. The maximum absolute atomic E-state index is 12.7. The van der Waals surface area contributed by atoms with E-state index >= 15 is 0 Å². The molecular formula is C13H14FNO3. The Balaban J connectivity index is 1.92. The number of hydrogen-bond donors (Lipinski definition) is 2. The summed E-state index contributed by atoms with van der Waals surface area (Å²) < 4.78 is 12.7. The fourth-order valence-corrected chi connectivity index (χ4v) is 1.91. The van der Waals surface area contributed by atoms with Crippen molar-refractivity contribution in [3.05, 3.63) is 35.6 Å². The quantitative estimate of drug-likeness (QED) is 0.856. The summed E-state index contributed by atoms with van der Waals surface area (Å²) in [4.78, 5) is 22.4. The molecule has 0 bridgehead atoms. The van der Waals surface area contributed by atoms with Gasteiger partial charge in [0, 0.05) is 0 Å². The lowest BCUT2D eigenvalue weighted by molar-refractivity contribution is -0.140. The molecule has 96 valence electrons. The second-order valence-electron chi connectivity index (χ2n) is 4.57. The first-order valence-electron chi connectivity index (χ1n) is 5.77. The highest BCUT2D eigenvalue weighted by Crippen LogP contribution is 2.39. The van der Waals surface area contributed by atoms with Crippen molar-refractivity contribution in [3.8, 4) is 0 Å². The molecular weight excluding hydrogens is 237 g/mol. The normalized spacial score (nSPS) is 23.2. The summed E-state index contributed by atoms with van der Waals surface area (Å²) in [7, 11) is 0. The molecule has 2 unspecified atom stereocenters. The lowest BCUT2D eigenvalue weighted by Crippen LogP contribution is -2.29. The van der Waals surface area contributed by atoms with Gasteiger partial charge in [0.2, 0.25) is 5.91 Å². The zero-order valence-electron chi connectivity index (χ0n) is 9.89. The maximum Gasteiger partial charge on any atom is 0.307 e. The number of carboxylic acid groups (broad SMARTS) is 1. The number of aliphatic carboxylic acids is 1. The van der Waals surface area contributed by atoms with Gasteiger partial charge in [0.1, 0.15) is 5.82 Å². The Hall–Kier alpha value is -1.91. The molecule has 1 aromatic rings. The van der Waals surface area contributed by atoms with Crippen molar-refractivity contribution in [1.82, 2.24) is 5.32 Å². The van der Waals surface area contributed by atoms with Gasteiger partial charge in [-0.1, -0.05) is 12.1 Å². The first kappa shape index (κ1) is 12.5. The van der Waals surface area contributed by atoms with Crippen LogP contribution >= 0.6 is 0 Å². The molecule has 5 heteroatoms. The van der Waals surface area contributed by atoms with Crippen LogP contribution in [0.25, 0.3) is 0 Å². The third kappa shape index (κ3) is 2.67. The molecule has 4 nitrogen and oxygen atoms in total. The molecule has 18 heavy (non-hydrogen) atoms. The minimum atomic E-state index is -0.926. The largest absolute Gasteiger partial charge is 0.481 e. The fraction of sp³-hybridized carbons (Fsp3) is 0.385. The van der Waals surface area contributed by atoms with E-state index in [1.165, 1.54) is 12.1 Å². The predicted molar refractivity (Wildman–Crippen MR) is 62.2 cm³/mol. The third-order valence-corrected chi connectivity index (χ3v) is 3.17. The van der Waals surface area contributed by atoms with Gasteiger partial charge in [-0.05, 0) is 31.0 Å². The summed E-state index contributed by atoms with van der Waals surface area (Å²) >= 11 is 0. The SMILES string of the molecule is C[C@H](NC(=O)C1CC1C(=O)O)c1ccc(F)cc1. The monoisotopic (exact) mass is 251 g/mol. The van der Waals surface area contributed by atoms with E-state index in [4.69, 9.17) is 5.11 Å². The van der Waals surface area contributed by atoms with Crippen molar-refractivity contribution in [1.29, 1.82) is 0 Å². The van der Waals surface area contributed by atoms with E-state index in [1.807, 2.05) is 0 Å². The molecule has 1 fully saturated rings. The summed E-state index contributed by atoms with van der Waals surface area (Å²) in [6.45, 7) is 1.78. The Morgan fingerprint density at radius 3 is 2.44 bits per heavy atom. The van der Waals surface area contributed by atoms with Crippen molar-refractivity contribution >= 4 is 11.9 Å². The van der Waals surface area contributed by atoms with Gasteiger partial charge in [-0.3, -0.25) is 9.59 Å². The van der Waals surface area contributed by atoms with Gasteiger partial charge in [0.15, 0.2) is 0 Å². The molecule has 0 spiro atoms. The Morgan fingerprint density at radius 1 is 1.33 bits per heavy atom. The van der Waals surface area contributed by atoms with Crippen LogP contribution in [0.1, 0.15) is 24.9 Å². The zero-order chi connectivity index (χ0) is 13.3.